The summed E-state index contributed by atoms with van der Waals surface area (Å²) in [6.07, 6.45) is 3.39. The van der Waals surface area contributed by atoms with Crippen molar-refractivity contribution in [2.75, 3.05) is 24.0 Å². The number of benzene rings is 2. The van der Waals surface area contributed by atoms with Gasteiger partial charge in [-0.1, -0.05) is 49.4 Å². The lowest BCUT2D eigenvalue weighted by atomic mass is 10.1. The van der Waals surface area contributed by atoms with Crippen LogP contribution in [0.5, 0.6) is 5.75 Å². The molecule has 3 aromatic rings. The van der Waals surface area contributed by atoms with E-state index in [-0.39, 0.29) is 11.7 Å². The first-order chi connectivity index (χ1) is 14.1. The molecule has 152 valence electrons. The number of aryl methyl sites for hydroxylation is 1. The highest BCUT2D eigenvalue weighted by Crippen LogP contribution is 2.29. The van der Waals surface area contributed by atoms with E-state index in [2.05, 4.69) is 34.6 Å². The van der Waals surface area contributed by atoms with E-state index in [1.54, 1.807) is 7.11 Å². The molecule has 0 spiro atoms. The van der Waals surface area contributed by atoms with Crippen LogP contribution < -0.4 is 15.9 Å². The van der Waals surface area contributed by atoms with Crippen molar-refractivity contribution in [2.45, 2.75) is 31.3 Å². The highest BCUT2D eigenvalue weighted by atomic mass is 32.2. The molecule has 0 atom stereocenters. The van der Waals surface area contributed by atoms with E-state index in [4.69, 9.17) is 10.6 Å². The number of rotatable bonds is 9. The molecule has 0 saturated heterocycles. The van der Waals surface area contributed by atoms with Crippen LogP contribution in [0.25, 0.3) is 11.4 Å². The van der Waals surface area contributed by atoms with Crippen LogP contribution in [0, 0.1) is 0 Å². The zero-order valence-corrected chi connectivity index (χ0v) is 17.4. The standard InChI is InChI=1S/C21H25N5O2S/c1-3-4-7-15-10-12-16(13-11-15)23-19(27)14-29-21-25-24-20(26(21)22)17-8-5-6-9-18(17)28-2/h5-6,8-13H,3-4,7,14,22H2,1-2H3,(H,23,27). The summed E-state index contributed by atoms with van der Waals surface area (Å²) < 4.78 is 6.72. The Morgan fingerprint density at radius 2 is 1.93 bits per heavy atom. The predicted octanol–water partition coefficient (Wildman–Crippen LogP) is 3.74. The molecule has 3 N–H and O–H groups in total. The van der Waals surface area contributed by atoms with Crippen LogP contribution >= 0.6 is 11.8 Å². The number of hydrogen-bond donors (Lipinski definition) is 2. The van der Waals surface area contributed by atoms with Gasteiger partial charge in [0.25, 0.3) is 0 Å². The number of thioether (sulfide) groups is 1. The number of carbonyl (C=O) groups is 1. The summed E-state index contributed by atoms with van der Waals surface area (Å²) in [5.74, 6) is 7.33. The SMILES string of the molecule is CCCCc1ccc(NC(=O)CSc2nnc(-c3ccccc3OC)n2N)cc1. The van der Waals surface area contributed by atoms with E-state index in [0.717, 1.165) is 17.7 Å². The van der Waals surface area contributed by atoms with Gasteiger partial charge in [0.05, 0.1) is 18.4 Å². The molecule has 0 aliphatic heterocycles. The zero-order valence-electron chi connectivity index (χ0n) is 16.6. The van der Waals surface area contributed by atoms with Crippen LogP contribution in [0.15, 0.2) is 53.7 Å². The Hall–Kier alpha value is -3.00. The Morgan fingerprint density at radius 1 is 1.17 bits per heavy atom. The van der Waals surface area contributed by atoms with E-state index in [1.807, 2.05) is 36.4 Å². The second-order valence-electron chi connectivity index (χ2n) is 6.51. The molecule has 3 rings (SSSR count). The van der Waals surface area contributed by atoms with Gasteiger partial charge in [0.1, 0.15) is 5.75 Å². The van der Waals surface area contributed by atoms with Gasteiger partial charge in [0, 0.05) is 5.69 Å². The molecule has 7 nitrogen and oxygen atoms in total. The van der Waals surface area contributed by atoms with Gasteiger partial charge in [-0.05, 0) is 42.7 Å². The fraction of sp³-hybridized carbons (Fsp3) is 0.286. The lowest BCUT2D eigenvalue weighted by molar-refractivity contribution is -0.113. The Bertz CT molecular complexity index is 956. The Labute approximate surface area is 174 Å². The van der Waals surface area contributed by atoms with Gasteiger partial charge in [0.15, 0.2) is 5.82 Å². The average molecular weight is 412 g/mol. The molecule has 1 amide bonds. The van der Waals surface area contributed by atoms with Crippen molar-refractivity contribution in [1.29, 1.82) is 0 Å². The van der Waals surface area contributed by atoms with Gasteiger partial charge in [-0.2, -0.15) is 0 Å². The zero-order chi connectivity index (χ0) is 20.6. The number of carbonyl (C=O) groups excluding carboxylic acids is 1. The Kier molecular flexibility index (Phi) is 7.13. The first-order valence-corrected chi connectivity index (χ1v) is 10.5. The largest absolute Gasteiger partial charge is 0.496 e. The number of para-hydroxylation sites is 1. The summed E-state index contributed by atoms with van der Waals surface area (Å²) in [6.45, 7) is 2.17. The number of nitrogen functional groups attached to an aromatic ring is 1. The molecule has 29 heavy (non-hydrogen) atoms. The minimum atomic E-state index is -0.127. The number of ether oxygens (including phenoxy) is 1. The van der Waals surface area contributed by atoms with Gasteiger partial charge in [0.2, 0.25) is 11.1 Å². The van der Waals surface area contributed by atoms with Crippen LogP contribution in [0.3, 0.4) is 0 Å². The molecule has 8 heteroatoms. The van der Waals surface area contributed by atoms with Crippen molar-refractivity contribution < 1.29 is 9.53 Å². The lowest BCUT2D eigenvalue weighted by Gasteiger charge is -2.08. The molecule has 0 aliphatic rings. The van der Waals surface area contributed by atoms with Gasteiger partial charge in [-0.25, -0.2) is 4.68 Å². The lowest BCUT2D eigenvalue weighted by Crippen LogP contribution is -2.16. The molecule has 0 fully saturated rings. The Balaban J connectivity index is 1.59. The highest BCUT2D eigenvalue weighted by Gasteiger charge is 2.16. The fourth-order valence-corrected chi connectivity index (χ4v) is 3.51. The molecule has 0 saturated carbocycles. The third kappa shape index (κ3) is 5.29. The van der Waals surface area contributed by atoms with Crippen molar-refractivity contribution in [2.24, 2.45) is 0 Å². The fourth-order valence-electron chi connectivity index (χ4n) is 2.85. The van der Waals surface area contributed by atoms with E-state index in [9.17, 15) is 4.79 Å². The highest BCUT2D eigenvalue weighted by molar-refractivity contribution is 7.99. The van der Waals surface area contributed by atoms with Crippen molar-refractivity contribution >= 4 is 23.4 Å². The summed E-state index contributed by atoms with van der Waals surface area (Å²) in [6, 6.07) is 15.4. The van der Waals surface area contributed by atoms with E-state index in [1.165, 1.54) is 34.8 Å². The van der Waals surface area contributed by atoms with Crippen molar-refractivity contribution in [1.82, 2.24) is 14.9 Å². The van der Waals surface area contributed by atoms with E-state index < -0.39 is 0 Å². The summed E-state index contributed by atoms with van der Waals surface area (Å²) in [4.78, 5) is 12.3. The molecule has 0 radical (unpaired) electrons. The van der Waals surface area contributed by atoms with E-state index in [0.29, 0.717) is 16.7 Å². The number of nitrogens with two attached hydrogens (primary N) is 1. The maximum absolute atomic E-state index is 12.3. The summed E-state index contributed by atoms with van der Waals surface area (Å²) >= 11 is 1.23. The number of nitrogens with zero attached hydrogens (tertiary/aromatic N) is 3. The van der Waals surface area contributed by atoms with Crippen LogP contribution in [0.4, 0.5) is 5.69 Å². The normalized spacial score (nSPS) is 10.7. The quantitative estimate of drug-likeness (QED) is 0.411. The smallest absolute Gasteiger partial charge is 0.234 e. The first kappa shape index (κ1) is 20.7. The van der Waals surface area contributed by atoms with Crippen LogP contribution in [-0.4, -0.2) is 33.6 Å². The van der Waals surface area contributed by atoms with E-state index >= 15 is 0 Å². The number of amides is 1. The molecule has 1 heterocycles. The molecule has 0 unspecified atom stereocenters. The maximum atomic E-state index is 12.3. The summed E-state index contributed by atoms with van der Waals surface area (Å²) in [5.41, 5.74) is 2.79. The molecular formula is C21H25N5O2S. The number of hydrogen-bond acceptors (Lipinski definition) is 6. The molecule has 0 bridgehead atoms. The first-order valence-electron chi connectivity index (χ1n) is 9.47. The molecule has 1 aromatic heterocycles. The van der Waals surface area contributed by atoms with Gasteiger partial charge >= 0.3 is 0 Å². The second kappa shape index (κ2) is 9.97. The van der Waals surface area contributed by atoms with Crippen LogP contribution in [0.1, 0.15) is 25.3 Å². The van der Waals surface area contributed by atoms with Crippen molar-refractivity contribution in [3.63, 3.8) is 0 Å². The molecular weight excluding hydrogens is 386 g/mol. The molecule has 2 aromatic carbocycles. The third-order valence-electron chi connectivity index (χ3n) is 4.40. The van der Waals surface area contributed by atoms with Crippen LogP contribution in [-0.2, 0) is 11.2 Å². The number of anilines is 1. The van der Waals surface area contributed by atoms with Gasteiger partial charge in [-0.3, -0.25) is 4.79 Å². The minimum Gasteiger partial charge on any atom is -0.496 e. The minimum absolute atomic E-state index is 0.127. The van der Waals surface area contributed by atoms with Gasteiger partial charge in [-0.15, -0.1) is 10.2 Å². The number of nitrogens with one attached hydrogen (secondary N) is 1. The van der Waals surface area contributed by atoms with Gasteiger partial charge < -0.3 is 15.9 Å². The topological polar surface area (TPSA) is 95.1 Å². The van der Waals surface area contributed by atoms with Crippen molar-refractivity contribution in [3.8, 4) is 17.1 Å². The third-order valence-corrected chi connectivity index (χ3v) is 5.34. The maximum Gasteiger partial charge on any atom is 0.234 e. The molecule has 0 aliphatic carbocycles. The number of unbranched alkanes of at least 4 members (excludes halogenated alkanes) is 1. The summed E-state index contributed by atoms with van der Waals surface area (Å²) in [7, 11) is 1.59. The average Bonchev–Trinajstić information content (AvgIpc) is 3.12. The monoisotopic (exact) mass is 411 g/mol. The van der Waals surface area contributed by atoms with Crippen molar-refractivity contribution in [3.05, 3.63) is 54.1 Å². The number of aromatic nitrogens is 3. The van der Waals surface area contributed by atoms with Crippen LogP contribution in [0.2, 0.25) is 0 Å². The Morgan fingerprint density at radius 3 is 2.66 bits per heavy atom. The number of methoxy groups -OCH3 is 1. The predicted molar refractivity (Wildman–Crippen MR) is 117 cm³/mol. The second-order valence-corrected chi connectivity index (χ2v) is 7.46. The summed E-state index contributed by atoms with van der Waals surface area (Å²) in [5, 5.41) is 11.6.